The molecular formula is C21H24O4Se. The normalized spacial score (nSPS) is 39.5. The Labute approximate surface area is 160 Å². The first kappa shape index (κ1) is 18.0. The van der Waals surface area contributed by atoms with E-state index in [2.05, 4.69) is 12.1 Å². The fourth-order valence-corrected chi connectivity index (χ4v) is 8.27. The average molecular weight is 419 g/mol. The third-order valence-electron chi connectivity index (χ3n) is 6.49. The van der Waals surface area contributed by atoms with Crippen molar-refractivity contribution in [3.05, 3.63) is 41.5 Å². The van der Waals surface area contributed by atoms with Gasteiger partial charge < -0.3 is 0 Å². The molecule has 2 fully saturated rings. The van der Waals surface area contributed by atoms with Gasteiger partial charge in [0.25, 0.3) is 0 Å². The van der Waals surface area contributed by atoms with Crippen LogP contribution in [-0.4, -0.2) is 44.0 Å². The van der Waals surface area contributed by atoms with E-state index in [4.69, 9.17) is 4.74 Å². The summed E-state index contributed by atoms with van der Waals surface area (Å²) in [7, 11) is 0. The number of allylic oxidation sites excluding steroid dienone is 1. The summed E-state index contributed by atoms with van der Waals surface area (Å²) in [5, 5.41) is 11.4. The molecule has 26 heavy (non-hydrogen) atoms. The molecule has 1 aliphatic heterocycles. The predicted molar refractivity (Wildman–Crippen MR) is 99.2 cm³/mol. The molecule has 0 spiro atoms. The minimum atomic E-state index is -0.570. The third-order valence-corrected chi connectivity index (χ3v) is 9.41. The van der Waals surface area contributed by atoms with Crippen LogP contribution in [0.15, 0.2) is 41.5 Å². The first-order chi connectivity index (χ1) is 12.3. The van der Waals surface area contributed by atoms with E-state index in [1.54, 1.807) is 0 Å². The van der Waals surface area contributed by atoms with Gasteiger partial charge in [0.1, 0.15) is 0 Å². The summed E-state index contributed by atoms with van der Waals surface area (Å²) in [5.41, 5.74) is 1.08. The van der Waals surface area contributed by atoms with Crippen molar-refractivity contribution >= 4 is 31.2 Å². The zero-order valence-corrected chi connectivity index (χ0v) is 17.0. The number of ketones is 1. The summed E-state index contributed by atoms with van der Waals surface area (Å²) in [6, 6.07) is 10.2. The Balaban J connectivity index is 1.82. The van der Waals surface area contributed by atoms with Gasteiger partial charge >= 0.3 is 160 Å². The van der Waals surface area contributed by atoms with Crippen LogP contribution in [0.25, 0.3) is 0 Å². The Bertz CT molecular complexity index is 786. The second-order valence-electron chi connectivity index (χ2n) is 7.94. The molecule has 0 unspecified atom stereocenters. The van der Waals surface area contributed by atoms with Gasteiger partial charge in [-0.05, 0) is 0 Å². The van der Waals surface area contributed by atoms with Crippen LogP contribution in [-0.2, 0) is 14.3 Å². The number of carbonyl (C=O) groups excluding carboxylic acids is 2. The number of fused-ring (bicyclic) bond motifs is 3. The SMILES string of the molecule is CC1=C2[C@H]3OC(=O)[C@@H](C)[C@@H]3[C@@H]([Se]c3ccccc3)[C@H](O)[C@@]2(C)CCC1=O. The Morgan fingerprint density at radius 1 is 1.23 bits per heavy atom. The van der Waals surface area contributed by atoms with E-state index < -0.39 is 11.5 Å². The fraction of sp³-hybridized carbons (Fsp3) is 0.524. The van der Waals surface area contributed by atoms with Gasteiger partial charge in [0.05, 0.1) is 0 Å². The molecule has 2 aliphatic carbocycles. The molecule has 1 aromatic carbocycles. The van der Waals surface area contributed by atoms with Crippen LogP contribution in [0.3, 0.4) is 0 Å². The van der Waals surface area contributed by atoms with Gasteiger partial charge in [0.15, 0.2) is 0 Å². The van der Waals surface area contributed by atoms with Gasteiger partial charge in [-0.3, -0.25) is 0 Å². The molecule has 4 nitrogen and oxygen atoms in total. The van der Waals surface area contributed by atoms with E-state index >= 15 is 0 Å². The van der Waals surface area contributed by atoms with Crippen molar-refractivity contribution in [3.63, 3.8) is 0 Å². The quantitative estimate of drug-likeness (QED) is 0.589. The molecule has 0 amide bonds. The Morgan fingerprint density at radius 3 is 2.62 bits per heavy atom. The number of benzene rings is 1. The standard InChI is InChI=1S/C21H24O4Se/c1-11-14(22)9-10-21(3)16(11)17-15(12(2)20(24)25-17)18(19(21)23)26-13-7-5-4-6-8-13/h4-8,12,15,17-19,23H,9-10H2,1-3H3/t12-,15-,17-,18+,19-,21-/m0/s1. The summed E-state index contributed by atoms with van der Waals surface area (Å²) in [6.07, 6.45) is 0.134. The van der Waals surface area contributed by atoms with E-state index in [-0.39, 0.29) is 49.5 Å². The number of Topliss-reactive ketones (excluding diaryl/α,β-unsaturated/α-hetero) is 1. The predicted octanol–water partition coefficient (Wildman–Crippen LogP) is 2.04. The van der Waals surface area contributed by atoms with E-state index in [1.165, 1.54) is 4.46 Å². The van der Waals surface area contributed by atoms with Crippen LogP contribution in [0.5, 0.6) is 0 Å². The topological polar surface area (TPSA) is 63.6 Å². The summed E-state index contributed by atoms with van der Waals surface area (Å²) < 4.78 is 7.01. The molecule has 4 rings (SSSR count). The number of hydrogen-bond acceptors (Lipinski definition) is 4. The third kappa shape index (κ3) is 2.52. The molecule has 1 N–H and O–H groups in total. The van der Waals surface area contributed by atoms with Crippen molar-refractivity contribution < 1.29 is 19.4 Å². The van der Waals surface area contributed by atoms with Crippen molar-refractivity contribution in [1.29, 1.82) is 0 Å². The van der Waals surface area contributed by atoms with Crippen LogP contribution in [0.4, 0.5) is 0 Å². The number of aliphatic hydroxyl groups is 1. The molecule has 1 saturated heterocycles. The van der Waals surface area contributed by atoms with Gasteiger partial charge in [-0.25, -0.2) is 0 Å². The summed E-state index contributed by atoms with van der Waals surface area (Å²) in [4.78, 5) is 24.7. The molecule has 0 bridgehead atoms. The Morgan fingerprint density at radius 2 is 1.92 bits per heavy atom. The molecule has 0 aromatic heterocycles. The zero-order chi connectivity index (χ0) is 18.6. The fourth-order valence-electron chi connectivity index (χ4n) is 4.93. The van der Waals surface area contributed by atoms with E-state index in [1.807, 2.05) is 39.0 Å². The minimum absolute atomic E-state index is 0.00824. The summed E-state index contributed by atoms with van der Waals surface area (Å²) in [6.45, 7) is 5.78. The molecule has 1 aromatic rings. The monoisotopic (exact) mass is 420 g/mol. The van der Waals surface area contributed by atoms with E-state index in [9.17, 15) is 14.7 Å². The van der Waals surface area contributed by atoms with Crippen LogP contribution in [0, 0.1) is 17.3 Å². The Kier molecular flexibility index (Phi) is 4.37. The van der Waals surface area contributed by atoms with Crippen LogP contribution >= 0.6 is 0 Å². The first-order valence-corrected chi connectivity index (χ1v) is 11.0. The number of aliphatic hydroxyl groups excluding tert-OH is 1. The van der Waals surface area contributed by atoms with Crippen LogP contribution < -0.4 is 4.46 Å². The van der Waals surface area contributed by atoms with Gasteiger partial charge in [-0.2, -0.15) is 0 Å². The number of rotatable bonds is 2. The van der Waals surface area contributed by atoms with Crippen LogP contribution in [0.1, 0.15) is 33.6 Å². The molecule has 1 saturated carbocycles. The van der Waals surface area contributed by atoms with Gasteiger partial charge in [0.2, 0.25) is 0 Å². The van der Waals surface area contributed by atoms with Gasteiger partial charge in [-0.15, -0.1) is 0 Å². The zero-order valence-electron chi connectivity index (χ0n) is 15.3. The number of esters is 1. The summed E-state index contributed by atoms with van der Waals surface area (Å²) >= 11 is 0.0235. The molecule has 1 heterocycles. The molecule has 6 atom stereocenters. The van der Waals surface area contributed by atoms with Crippen molar-refractivity contribution in [2.75, 3.05) is 0 Å². The second kappa shape index (κ2) is 6.33. The number of ether oxygens (including phenoxy) is 1. The Hall–Kier alpha value is -1.42. The second-order valence-corrected chi connectivity index (χ2v) is 10.6. The molecule has 138 valence electrons. The van der Waals surface area contributed by atoms with E-state index in [0.717, 1.165) is 5.57 Å². The van der Waals surface area contributed by atoms with Crippen LogP contribution in [0.2, 0.25) is 4.82 Å². The molecule has 0 radical (unpaired) electrons. The van der Waals surface area contributed by atoms with Crippen molar-refractivity contribution in [2.45, 2.75) is 50.6 Å². The molecule has 3 aliphatic rings. The van der Waals surface area contributed by atoms with Gasteiger partial charge in [-0.1, -0.05) is 0 Å². The molecule has 5 heteroatoms. The average Bonchev–Trinajstić information content (AvgIpc) is 2.91. The number of carbonyl (C=O) groups is 2. The summed E-state index contributed by atoms with van der Waals surface area (Å²) in [5.74, 6) is -0.413. The maximum absolute atomic E-state index is 12.4. The number of hydrogen-bond donors (Lipinski definition) is 1. The molecular weight excluding hydrogens is 395 g/mol. The van der Waals surface area contributed by atoms with Gasteiger partial charge in [0, 0.05) is 0 Å². The maximum atomic E-state index is 12.4. The van der Waals surface area contributed by atoms with Crippen molar-refractivity contribution in [1.82, 2.24) is 0 Å². The van der Waals surface area contributed by atoms with Crippen molar-refractivity contribution in [2.24, 2.45) is 17.3 Å². The van der Waals surface area contributed by atoms with E-state index in [0.29, 0.717) is 18.4 Å². The van der Waals surface area contributed by atoms with Crippen molar-refractivity contribution in [3.8, 4) is 0 Å². The first-order valence-electron chi connectivity index (χ1n) is 9.19.